The van der Waals surface area contributed by atoms with Gasteiger partial charge < -0.3 is 10.2 Å². The number of likely N-dealkylation sites (tertiary alicyclic amines) is 1. The van der Waals surface area contributed by atoms with Crippen molar-refractivity contribution in [3.8, 4) is 0 Å². The van der Waals surface area contributed by atoms with Crippen LogP contribution in [0.2, 0.25) is 0 Å². The molecule has 0 bridgehead atoms. The van der Waals surface area contributed by atoms with Crippen molar-refractivity contribution >= 4 is 23.6 Å². The second-order valence-corrected chi connectivity index (χ2v) is 9.03. The zero-order chi connectivity index (χ0) is 22.5. The summed E-state index contributed by atoms with van der Waals surface area (Å²) in [4.78, 5) is 37.0. The van der Waals surface area contributed by atoms with Crippen LogP contribution in [0.1, 0.15) is 44.7 Å². The summed E-state index contributed by atoms with van der Waals surface area (Å²) in [5, 5.41) is 3.84. The Morgan fingerprint density at radius 1 is 1.03 bits per heavy atom. The van der Waals surface area contributed by atoms with Crippen molar-refractivity contribution in [3.63, 3.8) is 0 Å². The summed E-state index contributed by atoms with van der Waals surface area (Å²) in [6, 6.07) is 13.4. The molecule has 0 spiro atoms. The third-order valence-electron chi connectivity index (χ3n) is 5.60. The number of carbonyl (C=O) groups is 2. The minimum absolute atomic E-state index is 0.0107. The molecule has 1 aliphatic heterocycles. The van der Waals surface area contributed by atoms with Crippen LogP contribution in [0, 0.1) is 13.8 Å². The van der Waals surface area contributed by atoms with Crippen molar-refractivity contribution < 1.29 is 9.59 Å². The molecule has 164 valence electrons. The number of nitrogens with zero attached hydrogens (tertiary/aromatic N) is 3. The summed E-state index contributed by atoms with van der Waals surface area (Å²) in [6.07, 6.45) is 6.42. The van der Waals surface area contributed by atoms with Gasteiger partial charge in [-0.1, -0.05) is 29.5 Å². The number of aromatic nitrogens is 2. The fourth-order valence-electron chi connectivity index (χ4n) is 3.83. The lowest BCUT2D eigenvalue weighted by molar-refractivity contribution is 0.0697. The fraction of sp³-hybridized carbons (Fsp3) is 0.280. The summed E-state index contributed by atoms with van der Waals surface area (Å²) in [5.74, 6) is -0.110. The highest BCUT2D eigenvalue weighted by molar-refractivity contribution is 7.99. The van der Waals surface area contributed by atoms with Gasteiger partial charge in [-0.25, -0.2) is 4.98 Å². The van der Waals surface area contributed by atoms with Gasteiger partial charge in [-0.15, -0.1) is 0 Å². The lowest BCUT2D eigenvalue weighted by atomic mass is 10.0. The van der Waals surface area contributed by atoms with E-state index in [0.29, 0.717) is 29.2 Å². The molecule has 0 aliphatic carbocycles. The van der Waals surface area contributed by atoms with E-state index in [1.165, 1.54) is 22.9 Å². The van der Waals surface area contributed by atoms with Crippen LogP contribution < -0.4 is 5.32 Å². The standard InChI is InChI=1S/C25H26N4O2S/c1-17-5-6-22(18(2)16-17)32-24-21(4-3-11-27-24)23(30)28-20-9-14-29(15-10-20)25(31)19-7-12-26-13-8-19/h3-8,11-13,16,20H,9-10,14-15H2,1-2H3,(H,28,30). The quantitative estimate of drug-likeness (QED) is 0.633. The number of benzene rings is 1. The average molecular weight is 447 g/mol. The second kappa shape index (κ2) is 9.96. The van der Waals surface area contributed by atoms with Crippen LogP contribution in [0.5, 0.6) is 0 Å². The lowest BCUT2D eigenvalue weighted by Gasteiger charge is -2.32. The molecule has 1 saturated heterocycles. The molecular formula is C25H26N4O2S. The topological polar surface area (TPSA) is 75.2 Å². The van der Waals surface area contributed by atoms with Gasteiger partial charge in [0.25, 0.3) is 11.8 Å². The van der Waals surface area contributed by atoms with Gasteiger partial charge >= 0.3 is 0 Å². The molecule has 0 atom stereocenters. The molecular weight excluding hydrogens is 420 g/mol. The van der Waals surface area contributed by atoms with Gasteiger partial charge in [-0.05, 0) is 62.6 Å². The average Bonchev–Trinajstić information content (AvgIpc) is 2.82. The molecule has 6 nitrogen and oxygen atoms in total. The lowest BCUT2D eigenvalue weighted by Crippen LogP contribution is -2.46. The summed E-state index contributed by atoms with van der Waals surface area (Å²) in [5.41, 5.74) is 3.59. The van der Waals surface area contributed by atoms with E-state index in [4.69, 9.17) is 0 Å². The summed E-state index contributed by atoms with van der Waals surface area (Å²) >= 11 is 1.51. The largest absolute Gasteiger partial charge is 0.349 e. The maximum absolute atomic E-state index is 13.0. The van der Waals surface area contributed by atoms with Gasteiger partial charge in [0.05, 0.1) is 5.56 Å². The second-order valence-electron chi connectivity index (χ2n) is 8.00. The molecule has 3 aromatic rings. The third-order valence-corrected chi connectivity index (χ3v) is 6.79. The van der Waals surface area contributed by atoms with Gasteiger partial charge in [0.2, 0.25) is 0 Å². The van der Waals surface area contributed by atoms with E-state index in [9.17, 15) is 9.59 Å². The smallest absolute Gasteiger partial charge is 0.254 e. The molecule has 4 rings (SSSR count). The monoisotopic (exact) mass is 446 g/mol. The van der Waals surface area contributed by atoms with E-state index in [0.717, 1.165) is 17.7 Å². The SMILES string of the molecule is Cc1ccc(Sc2ncccc2C(=O)NC2CCN(C(=O)c3ccncc3)CC2)c(C)c1. The molecule has 1 aliphatic rings. The van der Waals surface area contributed by atoms with Crippen molar-refractivity contribution in [2.75, 3.05) is 13.1 Å². The predicted molar refractivity (Wildman–Crippen MR) is 125 cm³/mol. The van der Waals surface area contributed by atoms with Crippen LogP contribution in [0.15, 0.2) is 71.0 Å². The van der Waals surface area contributed by atoms with Gasteiger partial charge in [0.1, 0.15) is 5.03 Å². The highest BCUT2D eigenvalue weighted by atomic mass is 32.2. The Kier molecular flexibility index (Phi) is 6.85. The number of hydrogen-bond acceptors (Lipinski definition) is 5. The number of pyridine rings is 2. The van der Waals surface area contributed by atoms with Crippen molar-refractivity contribution in [2.24, 2.45) is 0 Å². The summed E-state index contributed by atoms with van der Waals surface area (Å²) < 4.78 is 0. The minimum atomic E-state index is -0.121. The van der Waals surface area contributed by atoms with Crippen LogP contribution in [0.4, 0.5) is 0 Å². The van der Waals surface area contributed by atoms with Crippen LogP contribution in [0.25, 0.3) is 0 Å². The number of amides is 2. The Bertz CT molecular complexity index is 1110. The van der Waals surface area contributed by atoms with Crippen LogP contribution in [0.3, 0.4) is 0 Å². The highest BCUT2D eigenvalue weighted by Crippen LogP contribution is 2.31. The molecule has 2 aromatic heterocycles. The number of aryl methyl sites for hydroxylation is 2. The molecule has 1 N–H and O–H groups in total. The maximum Gasteiger partial charge on any atom is 0.254 e. The van der Waals surface area contributed by atoms with Crippen molar-refractivity contribution in [1.29, 1.82) is 0 Å². The molecule has 1 aromatic carbocycles. The Morgan fingerprint density at radius 2 is 1.78 bits per heavy atom. The van der Waals surface area contributed by atoms with Crippen molar-refractivity contribution in [3.05, 3.63) is 83.3 Å². The van der Waals surface area contributed by atoms with Crippen molar-refractivity contribution in [2.45, 2.75) is 42.7 Å². The maximum atomic E-state index is 13.0. The number of piperidine rings is 1. The molecule has 7 heteroatoms. The zero-order valence-corrected chi connectivity index (χ0v) is 19.1. The first kappa shape index (κ1) is 22.0. The first-order valence-electron chi connectivity index (χ1n) is 10.7. The van der Waals surface area contributed by atoms with Gasteiger partial charge in [-0.2, -0.15) is 0 Å². The summed E-state index contributed by atoms with van der Waals surface area (Å²) in [7, 11) is 0. The number of carbonyl (C=O) groups excluding carboxylic acids is 2. The van der Waals surface area contributed by atoms with E-state index in [1.807, 2.05) is 11.0 Å². The third kappa shape index (κ3) is 5.16. The van der Waals surface area contributed by atoms with E-state index in [2.05, 4.69) is 47.3 Å². The van der Waals surface area contributed by atoms with Gasteiger partial charge in [-0.3, -0.25) is 14.6 Å². The van der Waals surface area contributed by atoms with E-state index in [1.54, 1.807) is 36.8 Å². The normalized spacial score (nSPS) is 14.2. The number of hydrogen-bond donors (Lipinski definition) is 1. The first-order chi connectivity index (χ1) is 15.5. The zero-order valence-electron chi connectivity index (χ0n) is 18.2. The van der Waals surface area contributed by atoms with Gasteiger partial charge in [0.15, 0.2) is 0 Å². The number of rotatable bonds is 5. The molecule has 0 saturated carbocycles. The number of nitrogens with one attached hydrogen (secondary N) is 1. The predicted octanol–water partition coefficient (Wildman–Crippen LogP) is 4.28. The van der Waals surface area contributed by atoms with Gasteiger partial charge in [0, 0.05) is 48.2 Å². The van der Waals surface area contributed by atoms with Crippen LogP contribution in [-0.2, 0) is 0 Å². The molecule has 2 amide bonds. The fourth-order valence-corrected chi connectivity index (χ4v) is 4.78. The van der Waals surface area contributed by atoms with E-state index in [-0.39, 0.29) is 17.9 Å². The summed E-state index contributed by atoms with van der Waals surface area (Å²) in [6.45, 7) is 5.36. The van der Waals surface area contributed by atoms with E-state index >= 15 is 0 Å². The minimum Gasteiger partial charge on any atom is -0.349 e. The molecule has 3 heterocycles. The van der Waals surface area contributed by atoms with E-state index < -0.39 is 0 Å². The Hall–Kier alpha value is -3.19. The highest BCUT2D eigenvalue weighted by Gasteiger charge is 2.25. The Balaban J connectivity index is 1.38. The molecule has 32 heavy (non-hydrogen) atoms. The van der Waals surface area contributed by atoms with Crippen LogP contribution in [-0.4, -0.2) is 45.8 Å². The Labute approximate surface area is 192 Å². The first-order valence-corrected chi connectivity index (χ1v) is 11.5. The molecule has 0 unspecified atom stereocenters. The molecule has 1 fully saturated rings. The molecule has 0 radical (unpaired) electrons. The Morgan fingerprint density at radius 3 is 2.50 bits per heavy atom. The van der Waals surface area contributed by atoms with Crippen molar-refractivity contribution in [1.82, 2.24) is 20.2 Å². The van der Waals surface area contributed by atoms with Crippen LogP contribution >= 0.6 is 11.8 Å².